The van der Waals surface area contributed by atoms with E-state index in [-0.39, 0.29) is 24.4 Å². The maximum atomic E-state index is 12.4. The molecule has 2 amide bonds. The van der Waals surface area contributed by atoms with Crippen LogP contribution < -0.4 is 20.1 Å². The molecule has 0 saturated heterocycles. The summed E-state index contributed by atoms with van der Waals surface area (Å²) in [5, 5.41) is 13.9. The van der Waals surface area contributed by atoms with Crippen LogP contribution in [0, 0.1) is 0 Å². The highest BCUT2D eigenvalue weighted by Gasteiger charge is 2.17. The normalized spacial score (nSPS) is 11.9. The molecule has 4 rings (SSSR count). The van der Waals surface area contributed by atoms with Gasteiger partial charge < -0.3 is 14.8 Å². The molecule has 0 aliphatic carbocycles. The van der Waals surface area contributed by atoms with Crippen molar-refractivity contribution in [1.82, 2.24) is 10.2 Å². The molecule has 0 spiro atoms. The number of ether oxygens (including phenoxy) is 2. The fourth-order valence-corrected chi connectivity index (χ4v) is 4.22. The monoisotopic (exact) mass is 442 g/mol. The standard InChI is InChI=1S/C20H18N4O4S2/c1-2-12-3-6-14(7-4-12)21-17(25)10-29-20-24-23-19(30-20)22-18(26)13-5-8-15-16(9-13)28-11-27-15/h3-9H,2,10-11H2,1H3,(H,21,25)(H,22,23,26). The van der Waals surface area contributed by atoms with Crippen molar-refractivity contribution in [3.63, 3.8) is 0 Å². The Hall–Kier alpha value is -3.11. The number of benzene rings is 2. The summed E-state index contributed by atoms with van der Waals surface area (Å²) in [6.07, 6.45) is 0.953. The number of nitrogens with zero attached hydrogens (tertiary/aromatic N) is 2. The number of carbonyl (C=O) groups excluding carboxylic acids is 2. The number of carbonyl (C=O) groups is 2. The summed E-state index contributed by atoms with van der Waals surface area (Å²) in [5.41, 5.74) is 2.40. The van der Waals surface area contributed by atoms with Gasteiger partial charge in [-0.15, -0.1) is 10.2 Å². The van der Waals surface area contributed by atoms with Crippen LogP contribution in [0.1, 0.15) is 22.8 Å². The lowest BCUT2D eigenvalue weighted by molar-refractivity contribution is -0.113. The smallest absolute Gasteiger partial charge is 0.257 e. The van der Waals surface area contributed by atoms with E-state index in [1.165, 1.54) is 28.7 Å². The number of aryl methyl sites for hydroxylation is 1. The zero-order valence-corrected chi connectivity index (χ0v) is 17.6. The third kappa shape index (κ3) is 4.89. The Bertz CT molecular complexity index is 1070. The molecule has 0 unspecified atom stereocenters. The van der Waals surface area contributed by atoms with Gasteiger partial charge in [0.2, 0.25) is 17.8 Å². The van der Waals surface area contributed by atoms with E-state index in [0.29, 0.717) is 26.5 Å². The minimum absolute atomic E-state index is 0.134. The number of nitrogens with one attached hydrogen (secondary N) is 2. The van der Waals surface area contributed by atoms with Crippen LogP contribution in [0.3, 0.4) is 0 Å². The van der Waals surface area contributed by atoms with Crippen LogP contribution in [0.25, 0.3) is 0 Å². The second-order valence-electron chi connectivity index (χ2n) is 6.28. The van der Waals surface area contributed by atoms with Crippen LogP contribution in [0.15, 0.2) is 46.8 Å². The maximum Gasteiger partial charge on any atom is 0.257 e. The van der Waals surface area contributed by atoms with E-state index in [1.807, 2.05) is 24.3 Å². The van der Waals surface area contributed by atoms with Crippen molar-refractivity contribution in [3.8, 4) is 11.5 Å². The number of anilines is 2. The highest BCUT2D eigenvalue weighted by molar-refractivity contribution is 8.01. The Labute approximate surface area is 181 Å². The molecule has 0 atom stereocenters. The van der Waals surface area contributed by atoms with E-state index in [9.17, 15) is 9.59 Å². The van der Waals surface area contributed by atoms with E-state index >= 15 is 0 Å². The van der Waals surface area contributed by atoms with Crippen LogP contribution in [-0.2, 0) is 11.2 Å². The van der Waals surface area contributed by atoms with Crippen molar-refractivity contribution in [1.29, 1.82) is 0 Å². The van der Waals surface area contributed by atoms with Gasteiger partial charge in [-0.2, -0.15) is 0 Å². The summed E-state index contributed by atoms with van der Waals surface area (Å²) in [6, 6.07) is 12.7. The molecular weight excluding hydrogens is 424 g/mol. The maximum absolute atomic E-state index is 12.4. The molecule has 0 fully saturated rings. The molecule has 0 bridgehead atoms. The van der Waals surface area contributed by atoms with Gasteiger partial charge in [-0.3, -0.25) is 14.9 Å². The predicted octanol–water partition coefficient (Wildman–Crippen LogP) is 3.81. The second kappa shape index (κ2) is 9.14. The average molecular weight is 443 g/mol. The summed E-state index contributed by atoms with van der Waals surface area (Å²) in [4.78, 5) is 24.5. The van der Waals surface area contributed by atoms with Crippen molar-refractivity contribution in [2.24, 2.45) is 0 Å². The van der Waals surface area contributed by atoms with Crippen LogP contribution in [0.5, 0.6) is 11.5 Å². The molecule has 10 heteroatoms. The van der Waals surface area contributed by atoms with Crippen molar-refractivity contribution in [2.45, 2.75) is 17.7 Å². The predicted molar refractivity (Wildman–Crippen MR) is 116 cm³/mol. The molecule has 1 aliphatic rings. The lowest BCUT2D eigenvalue weighted by Crippen LogP contribution is -2.13. The van der Waals surface area contributed by atoms with E-state index in [2.05, 4.69) is 27.8 Å². The Morgan fingerprint density at radius 1 is 1.07 bits per heavy atom. The molecule has 2 heterocycles. The van der Waals surface area contributed by atoms with Gasteiger partial charge in [-0.25, -0.2) is 0 Å². The zero-order valence-electron chi connectivity index (χ0n) is 16.0. The Kier molecular flexibility index (Phi) is 6.15. The summed E-state index contributed by atoms with van der Waals surface area (Å²) < 4.78 is 11.1. The average Bonchev–Trinajstić information content (AvgIpc) is 3.41. The number of rotatable bonds is 7. The van der Waals surface area contributed by atoms with Gasteiger partial charge in [0.25, 0.3) is 5.91 Å². The van der Waals surface area contributed by atoms with Gasteiger partial charge in [0.15, 0.2) is 15.8 Å². The Balaban J connectivity index is 1.28. The number of fused-ring (bicyclic) bond motifs is 1. The quantitative estimate of drug-likeness (QED) is 0.424. The zero-order chi connectivity index (χ0) is 20.9. The van der Waals surface area contributed by atoms with Crippen LogP contribution in [0.4, 0.5) is 10.8 Å². The Morgan fingerprint density at radius 2 is 1.87 bits per heavy atom. The highest BCUT2D eigenvalue weighted by Crippen LogP contribution is 2.33. The molecule has 1 aromatic heterocycles. The van der Waals surface area contributed by atoms with Crippen LogP contribution in [-0.4, -0.2) is 34.6 Å². The summed E-state index contributed by atoms with van der Waals surface area (Å²) >= 11 is 2.47. The van der Waals surface area contributed by atoms with E-state index in [1.54, 1.807) is 18.2 Å². The van der Waals surface area contributed by atoms with Gasteiger partial charge in [-0.1, -0.05) is 42.2 Å². The van der Waals surface area contributed by atoms with E-state index in [0.717, 1.165) is 12.1 Å². The molecule has 2 aromatic carbocycles. The number of hydrogen-bond donors (Lipinski definition) is 2. The van der Waals surface area contributed by atoms with Crippen molar-refractivity contribution >= 4 is 45.7 Å². The minimum atomic E-state index is -0.325. The van der Waals surface area contributed by atoms with Crippen molar-refractivity contribution in [3.05, 3.63) is 53.6 Å². The molecule has 8 nitrogen and oxygen atoms in total. The molecule has 3 aromatic rings. The number of amides is 2. The second-order valence-corrected chi connectivity index (χ2v) is 8.48. The van der Waals surface area contributed by atoms with E-state index in [4.69, 9.17) is 9.47 Å². The SMILES string of the molecule is CCc1ccc(NC(=O)CSc2nnc(NC(=O)c3ccc4c(c3)OCO4)s2)cc1. The third-order valence-electron chi connectivity index (χ3n) is 4.23. The largest absolute Gasteiger partial charge is 0.454 e. The first-order valence-electron chi connectivity index (χ1n) is 9.17. The molecule has 154 valence electrons. The van der Waals surface area contributed by atoms with Gasteiger partial charge in [0, 0.05) is 11.3 Å². The molecule has 30 heavy (non-hydrogen) atoms. The van der Waals surface area contributed by atoms with Gasteiger partial charge in [0.1, 0.15) is 0 Å². The summed E-state index contributed by atoms with van der Waals surface area (Å²) in [7, 11) is 0. The lowest BCUT2D eigenvalue weighted by Gasteiger charge is -2.05. The van der Waals surface area contributed by atoms with Gasteiger partial charge in [-0.05, 0) is 42.3 Å². The number of thioether (sulfide) groups is 1. The Morgan fingerprint density at radius 3 is 2.67 bits per heavy atom. The third-order valence-corrected chi connectivity index (χ3v) is 6.21. The lowest BCUT2D eigenvalue weighted by atomic mass is 10.1. The van der Waals surface area contributed by atoms with Gasteiger partial charge >= 0.3 is 0 Å². The number of hydrogen-bond acceptors (Lipinski definition) is 8. The van der Waals surface area contributed by atoms with Gasteiger partial charge in [0.05, 0.1) is 5.75 Å². The first-order valence-corrected chi connectivity index (χ1v) is 11.0. The molecule has 1 aliphatic heterocycles. The van der Waals surface area contributed by atoms with Crippen LogP contribution >= 0.6 is 23.1 Å². The van der Waals surface area contributed by atoms with Crippen molar-refractivity contribution in [2.75, 3.05) is 23.2 Å². The fraction of sp³-hybridized carbons (Fsp3) is 0.200. The fourth-order valence-electron chi connectivity index (χ4n) is 2.67. The molecular formula is C20H18N4O4S2. The summed E-state index contributed by atoms with van der Waals surface area (Å²) in [5.74, 6) is 0.882. The van der Waals surface area contributed by atoms with Crippen molar-refractivity contribution < 1.29 is 19.1 Å². The van der Waals surface area contributed by atoms with Crippen LogP contribution in [0.2, 0.25) is 0 Å². The topological polar surface area (TPSA) is 102 Å². The minimum Gasteiger partial charge on any atom is -0.454 e. The molecule has 2 N–H and O–H groups in total. The highest BCUT2D eigenvalue weighted by atomic mass is 32.2. The number of aromatic nitrogens is 2. The van der Waals surface area contributed by atoms with E-state index < -0.39 is 0 Å². The molecule has 0 radical (unpaired) electrons. The first-order chi connectivity index (χ1) is 14.6. The first kappa shape index (κ1) is 20.2. The summed E-state index contributed by atoms with van der Waals surface area (Å²) in [6.45, 7) is 2.23. The molecule has 0 saturated carbocycles.